The highest BCUT2D eigenvalue weighted by molar-refractivity contribution is 5.50. The molecule has 2 aromatic carbocycles. The van der Waals surface area contributed by atoms with Gasteiger partial charge in [0.15, 0.2) is 11.5 Å². The number of methoxy groups -OCH3 is 2. The van der Waals surface area contributed by atoms with E-state index in [0.717, 1.165) is 5.56 Å². The van der Waals surface area contributed by atoms with Crippen molar-refractivity contribution in [2.75, 3.05) is 14.2 Å². The van der Waals surface area contributed by atoms with Crippen LogP contribution in [0.4, 0.5) is 4.39 Å². The van der Waals surface area contributed by atoms with Gasteiger partial charge in [-0.3, -0.25) is 0 Å². The van der Waals surface area contributed by atoms with E-state index >= 15 is 0 Å². The van der Waals surface area contributed by atoms with Crippen LogP contribution in [0.2, 0.25) is 0 Å². The van der Waals surface area contributed by atoms with Crippen LogP contribution in [0.25, 0.3) is 0 Å². The van der Waals surface area contributed by atoms with E-state index in [4.69, 9.17) is 15.2 Å². The Morgan fingerprint density at radius 1 is 1.05 bits per heavy atom. The van der Waals surface area contributed by atoms with Crippen LogP contribution in [0, 0.1) is 5.82 Å². The van der Waals surface area contributed by atoms with Crippen molar-refractivity contribution in [1.82, 2.24) is 0 Å². The average Bonchev–Trinajstić information content (AvgIpc) is 2.45. The molecule has 0 saturated heterocycles. The van der Waals surface area contributed by atoms with Gasteiger partial charge in [-0.05, 0) is 23.8 Å². The van der Waals surface area contributed by atoms with Gasteiger partial charge in [0.1, 0.15) is 5.82 Å². The molecule has 0 radical (unpaired) electrons. The van der Waals surface area contributed by atoms with Crippen LogP contribution in [0.1, 0.15) is 17.2 Å². The molecule has 19 heavy (non-hydrogen) atoms. The van der Waals surface area contributed by atoms with Crippen LogP contribution in [0.3, 0.4) is 0 Å². The third-order valence-electron chi connectivity index (χ3n) is 2.98. The minimum atomic E-state index is -0.472. The van der Waals surface area contributed by atoms with Crippen molar-refractivity contribution in [3.63, 3.8) is 0 Å². The van der Waals surface area contributed by atoms with E-state index < -0.39 is 6.04 Å². The molecule has 0 amide bonds. The number of halogens is 1. The SMILES string of the molecule is COc1cccc(C(N)c2cccc(F)c2)c1OC. The van der Waals surface area contributed by atoms with Gasteiger partial charge in [0, 0.05) is 5.56 Å². The molecule has 0 spiro atoms. The van der Waals surface area contributed by atoms with Crippen LogP contribution in [-0.2, 0) is 0 Å². The first-order valence-electron chi connectivity index (χ1n) is 5.89. The predicted octanol–water partition coefficient (Wildman–Crippen LogP) is 2.89. The summed E-state index contributed by atoms with van der Waals surface area (Å²) in [5, 5.41) is 0. The van der Waals surface area contributed by atoms with Crippen molar-refractivity contribution < 1.29 is 13.9 Å². The average molecular weight is 261 g/mol. The quantitative estimate of drug-likeness (QED) is 0.920. The van der Waals surface area contributed by atoms with Crippen molar-refractivity contribution in [1.29, 1.82) is 0 Å². The third-order valence-corrected chi connectivity index (χ3v) is 2.98. The summed E-state index contributed by atoms with van der Waals surface area (Å²) in [6, 6.07) is 11.2. The Labute approximate surface area is 111 Å². The summed E-state index contributed by atoms with van der Waals surface area (Å²) >= 11 is 0. The van der Waals surface area contributed by atoms with Gasteiger partial charge in [-0.25, -0.2) is 4.39 Å². The van der Waals surface area contributed by atoms with Gasteiger partial charge in [0.2, 0.25) is 0 Å². The van der Waals surface area contributed by atoms with Gasteiger partial charge < -0.3 is 15.2 Å². The maximum Gasteiger partial charge on any atom is 0.165 e. The van der Waals surface area contributed by atoms with Gasteiger partial charge in [-0.15, -0.1) is 0 Å². The van der Waals surface area contributed by atoms with Crippen molar-refractivity contribution in [2.45, 2.75) is 6.04 Å². The Kier molecular flexibility index (Phi) is 4.02. The zero-order valence-electron chi connectivity index (χ0n) is 10.9. The van der Waals surface area contributed by atoms with E-state index in [1.807, 2.05) is 12.1 Å². The summed E-state index contributed by atoms with van der Waals surface area (Å²) in [4.78, 5) is 0. The second-order valence-corrected chi connectivity index (χ2v) is 4.12. The second-order valence-electron chi connectivity index (χ2n) is 4.12. The highest BCUT2D eigenvalue weighted by Crippen LogP contribution is 2.36. The highest BCUT2D eigenvalue weighted by atomic mass is 19.1. The number of ether oxygens (including phenoxy) is 2. The fraction of sp³-hybridized carbons (Fsp3) is 0.200. The van der Waals surface area contributed by atoms with Gasteiger partial charge in [-0.1, -0.05) is 24.3 Å². The number of hydrogen-bond donors (Lipinski definition) is 1. The number of benzene rings is 2. The number of rotatable bonds is 4. The predicted molar refractivity (Wildman–Crippen MR) is 72.0 cm³/mol. The summed E-state index contributed by atoms with van der Waals surface area (Å²) in [5.41, 5.74) is 7.63. The van der Waals surface area contributed by atoms with Gasteiger partial charge >= 0.3 is 0 Å². The maximum atomic E-state index is 13.3. The number of hydrogen-bond acceptors (Lipinski definition) is 3. The van der Waals surface area contributed by atoms with Crippen LogP contribution >= 0.6 is 0 Å². The lowest BCUT2D eigenvalue weighted by molar-refractivity contribution is 0.350. The molecule has 0 bridgehead atoms. The Morgan fingerprint density at radius 3 is 2.42 bits per heavy atom. The van der Waals surface area contributed by atoms with Crippen LogP contribution in [0.15, 0.2) is 42.5 Å². The Balaban J connectivity index is 2.46. The fourth-order valence-electron chi connectivity index (χ4n) is 2.04. The highest BCUT2D eigenvalue weighted by Gasteiger charge is 2.17. The molecule has 0 saturated carbocycles. The largest absolute Gasteiger partial charge is 0.493 e. The van der Waals surface area contributed by atoms with Crippen LogP contribution in [-0.4, -0.2) is 14.2 Å². The molecule has 0 heterocycles. The Morgan fingerprint density at radius 2 is 1.79 bits per heavy atom. The summed E-state index contributed by atoms with van der Waals surface area (Å²) in [6.45, 7) is 0. The van der Waals surface area contributed by atoms with Crippen LogP contribution < -0.4 is 15.2 Å². The summed E-state index contributed by atoms with van der Waals surface area (Å²) in [7, 11) is 3.12. The molecule has 100 valence electrons. The van der Waals surface area contributed by atoms with E-state index in [2.05, 4.69) is 0 Å². The lowest BCUT2D eigenvalue weighted by atomic mass is 9.98. The molecular weight excluding hydrogens is 245 g/mol. The maximum absolute atomic E-state index is 13.3. The molecule has 3 nitrogen and oxygen atoms in total. The molecule has 0 aromatic heterocycles. The zero-order valence-corrected chi connectivity index (χ0v) is 10.9. The van der Waals surface area contributed by atoms with E-state index in [1.54, 1.807) is 32.4 Å². The molecule has 2 aromatic rings. The van der Waals surface area contributed by atoms with Crippen LogP contribution in [0.5, 0.6) is 11.5 Å². The van der Waals surface area contributed by atoms with Gasteiger partial charge in [0.25, 0.3) is 0 Å². The normalized spacial score (nSPS) is 12.0. The first-order valence-corrected chi connectivity index (χ1v) is 5.89. The van der Waals surface area contributed by atoms with Gasteiger partial charge in [-0.2, -0.15) is 0 Å². The molecule has 0 fully saturated rings. The minimum absolute atomic E-state index is 0.310. The lowest BCUT2D eigenvalue weighted by Crippen LogP contribution is -2.13. The molecule has 1 atom stereocenters. The molecule has 4 heteroatoms. The first kappa shape index (κ1) is 13.4. The van der Waals surface area contributed by atoms with Gasteiger partial charge in [0.05, 0.1) is 20.3 Å². The van der Waals surface area contributed by atoms with E-state index in [-0.39, 0.29) is 5.82 Å². The van der Waals surface area contributed by atoms with Crippen molar-refractivity contribution in [3.8, 4) is 11.5 Å². The zero-order chi connectivity index (χ0) is 13.8. The third kappa shape index (κ3) is 2.69. The monoisotopic (exact) mass is 261 g/mol. The standard InChI is InChI=1S/C15H16FNO2/c1-18-13-8-4-7-12(15(13)19-2)14(17)10-5-3-6-11(16)9-10/h3-9,14H,17H2,1-2H3. The summed E-state index contributed by atoms with van der Waals surface area (Å²) in [5.74, 6) is 0.864. The minimum Gasteiger partial charge on any atom is -0.493 e. The topological polar surface area (TPSA) is 44.5 Å². The molecule has 2 rings (SSSR count). The Bertz CT molecular complexity index is 572. The smallest absolute Gasteiger partial charge is 0.165 e. The Hall–Kier alpha value is -2.07. The molecule has 0 aliphatic carbocycles. The molecular formula is C15H16FNO2. The van der Waals surface area contributed by atoms with Crippen molar-refractivity contribution in [3.05, 3.63) is 59.4 Å². The van der Waals surface area contributed by atoms with Crippen molar-refractivity contribution in [2.24, 2.45) is 5.73 Å². The second kappa shape index (κ2) is 5.71. The lowest BCUT2D eigenvalue weighted by Gasteiger charge is -2.18. The molecule has 1 unspecified atom stereocenters. The van der Waals surface area contributed by atoms with E-state index in [9.17, 15) is 4.39 Å². The van der Waals surface area contributed by atoms with E-state index in [1.165, 1.54) is 12.1 Å². The number of nitrogens with two attached hydrogens (primary N) is 1. The van der Waals surface area contributed by atoms with Crippen molar-refractivity contribution >= 4 is 0 Å². The summed E-state index contributed by atoms with van der Waals surface area (Å²) in [6.07, 6.45) is 0. The summed E-state index contributed by atoms with van der Waals surface area (Å²) < 4.78 is 23.8. The first-order chi connectivity index (χ1) is 9.17. The molecule has 0 aliphatic heterocycles. The fourth-order valence-corrected chi connectivity index (χ4v) is 2.04. The van der Waals surface area contributed by atoms with E-state index in [0.29, 0.717) is 17.1 Å². The molecule has 0 aliphatic rings. The number of para-hydroxylation sites is 1. The molecule has 2 N–H and O–H groups in total.